The molecule has 1 spiro atoms. The minimum absolute atomic E-state index is 0.0936. The van der Waals surface area contributed by atoms with Crippen LogP contribution in [0.15, 0.2) is 0 Å². The van der Waals surface area contributed by atoms with Gasteiger partial charge in [0.25, 0.3) is 0 Å². The number of aliphatic hydroxyl groups excluding tert-OH is 2. The van der Waals surface area contributed by atoms with E-state index in [1.807, 2.05) is 0 Å². The predicted octanol–water partition coefficient (Wildman–Crippen LogP) is 3.95. The Morgan fingerprint density at radius 3 is 2.57 bits per heavy atom. The van der Waals surface area contributed by atoms with Crippen LogP contribution >= 0.6 is 0 Å². The van der Waals surface area contributed by atoms with E-state index in [-0.39, 0.29) is 17.7 Å². The van der Waals surface area contributed by atoms with Crippen molar-refractivity contribution in [2.45, 2.75) is 83.5 Å². The summed E-state index contributed by atoms with van der Waals surface area (Å²) in [5.41, 5.74) is 0.675. The van der Waals surface area contributed by atoms with E-state index >= 15 is 0 Å². The topological polar surface area (TPSA) is 49.7 Å². The van der Waals surface area contributed by atoms with E-state index in [4.69, 9.17) is 4.43 Å². The van der Waals surface area contributed by atoms with E-state index in [1.165, 1.54) is 12.8 Å². The average molecular weight is 341 g/mol. The van der Waals surface area contributed by atoms with Crippen LogP contribution < -0.4 is 0 Å². The largest absolute Gasteiger partial charge is 0.416 e. The van der Waals surface area contributed by atoms with Crippen LogP contribution in [-0.4, -0.2) is 37.8 Å². The van der Waals surface area contributed by atoms with E-state index in [9.17, 15) is 10.2 Å². The molecular weight excluding hydrogens is 304 g/mol. The molecule has 0 heterocycles. The molecule has 0 aromatic carbocycles. The fourth-order valence-corrected chi connectivity index (χ4v) is 6.60. The van der Waals surface area contributed by atoms with Gasteiger partial charge in [-0.25, -0.2) is 0 Å². The monoisotopic (exact) mass is 340 g/mol. The Balaban J connectivity index is 1.75. The summed E-state index contributed by atoms with van der Waals surface area (Å²) in [7, 11) is -1.73. The smallest absolute Gasteiger partial charge is 0.192 e. The van der Waals surface area contributed by atoms with Gasteiger partial charge in [0.2, 0.25) is 0 Å². The summed E-state index contributed by atoms with van der Waals surface area (Å²) in [6.07, 6.45) is 6.49. The zero-order valence-electron chi connectivity index (χ0n) is 15.7. The van der Waals surface area contributed by atoms with Gasteiger partial charge < -0.3 is 14.6 Å². The lowest BCUT2D eigenvalue weighted by Crippen LogP contribution is -2.43. The van der Waals surface area contributed by atoms with Crippen molar-refractivity contribution in [2.24, 2.45) is 22.7 Å². The molecule has 3 rings (SSSR count). The molecule has 0 aromatic rings. The lowest BCUT2D eigenvalue weighted by Gasteiger charge is -2.38. The summed E-state index contributed by atoms with van der Waals surface area (Å²) in [6.45, 7) is 12.8. The summed E-state index contributed by atoms with van der Waals surface area (Å²) in [6, 6.07) is 0. The zero-order valence-corrected chi connectivity index (χ0v) is 16.7. The van der Waals surface area contributed by atoms with Gasteiger partial charge >= 0.3 is 0 Å². The lowest BCUT2D eigenvalue weighted by molar-refractivity contribution is 0.111. The second-order valence-electron chi connectivity index (χ2n) is 10.0. The highest BCUT2D eigenvalue weighted by molar-refractivity contribution is 6.74. The molecular formula is C19H36O3Si. The SMILES string of the molecule is CC(C)(C)[Si](C)(C)OC[C@@]12C[C@@]13CC[C@H](O)[C@H]3C[C@@H]2CCCO. The van der Waals surface area contributed by atoms with Crippen LogP contribution in [0.5, 0.6) is 0 Å². The van der Waals surface area contributed by atoms with Crippen molar-refractivity contribution in [1.29, 1.82) is 0 Å². The van der Waals surface area contributed by atoms with Crippen LogP contribution in [-0.2, 0) is 4.43 Å². The fourth-order valence-electron chi connectivity index (χ4n) is 5.55. The molecule has 0 bridgehead atoms. The molecule has 0 aliphatic heterocycles. The van der Waals surface area contributed by atoms with Crippen LogP contribution in [0.3, 0.4) is 0 Å². The van der Waals surface area contributed by atoms with Gasteiger partial charge in [-0.05, 0) is 73.9 Å². The minimum atomic E-state index is -1.73. The molecule has 3 fully saturated rings. The third kappa shape index (κ3) is 2.56. The minimum Gasteiger partial charge on any atom is -0.416 e. The third-order valence-electron chi connectivity index (χ3n) is 8.09. The van der Waals surface area contributed by atoms with Crippen LogP contribution in [0.25, 0.3) is 0 Å². The number of aliphatic hydroxyl groups is 2. The first-order valence-electron chi connectivity index (χ1n) is 9.53. The van der Waals surface area contributed by atoms with Gasteiger partial charge in [0.15, 0.2) is 8.32 Å². The molecule has 3 aliphatic rings. The Bertz CT molecular complexity index is 458. The summed E-state index contributed by atoms with van der Waals surface area (Å²) >= 11 is 0. The van der Waals surface area contributed by atoms with E-state index in [1.54, 1.807) is 0 Å². The highest BCUT2D eigenvalue weighted by atomic mass is 28.4. The Morgan fingerprint density at radius 1 is 1.26 bits per heavy atom. The normalized spacial score (nSPS) is 42.7. The molecule has 0 radical (unpaired) electrons. The average Bonchev–Trinajstić information content (AvgIpc) is 2.89. The second-order valence-corrected chi connectivity index (χ2v) is 14.9. The molecule has 0 unspecified atom stereocenters. The predicted molar refractivity (Wildman–Crippen MR) is 95.8 cm³/mol. The molecule has 0 amide bonds. The zero-order chi connectivity index (χ0) is 17.1. The number of hydrogen-bond donors (Lipinski definition) is 2. The lowest BCUT2D eigenvalue weighted by atomic mass is 9.84. The van der Waals surface area contributed by atoms with Crippen molar-refractivity contribution < 1.29 is 14.6 Å². The number of rotatable bonds is 6. The quantitative estimate of drug-likeness (QED) is 0.720. The molecule has 3 nitrogen and oxygen atoms in total. The standard InChI is InChI=1S/C19H36O3Si/c1-17(2,3)23(4,5)22-13-19-12-18(19)9-8-16(21)15(18)11-14(19)7-6-10-20/h14-16,20-21H,6-13H2,1-5H3/t14-,15+,16-,18+,19+/m0/s1. The van der Waals surface area contributed by atoms with Gasteiger partial charge in [0.05, 0.1) is 6.10 Å². The van der Waals surface area contributed by atoms with Crippen LogP contribution in [0.4, 0.5) is 0 Å². The Kier molecular flexibility index (Phi) is 4.32. The maximum absolute atomic E-state index is 10.4. The summed E-state index contributed by atoms with van der Waals surface area (Å²) in [5, 5.41) is 19.9. The van der Waals surface area contributed by atoms with E-state index in [0.29, 0.717) is 22.7 Å². The van der Waals surface area contributed by atoms with E-state index < -0.39 is 8.32 Å². The van der Waals surface area contributed by atoms with Gasteiger partial charge in [-0.1, -0.05) is 20.8 Å². The summed E-state index contributed by atoms with van der Waals surface area (Å²) in [5.74, 6) is 1.13. The molecule has 2 N–H and O–H groups in total. The van der Waals surface area contributed by atoms with Crippen molar-refractivity contribution in [3.8, 4) is 0 Å². The van der Waals surface area contributed by atoms with Crippen molar-refractivity contribution in [3.63, 3.8) is 0 Å². The maximum atomic E-state index is 10.4. The van der Waals surface area contributed by atoms with Gasteiger partial charge in [-0.3, -0.25) is 0 Å². The molecule has 0 aromatic heterocycles. The molecule has 4 heteroatoms. The highest BCUT2D eigenvalue weighted by Crippen LogP contribution is 2.83. The van der Waals surface area contributed by atoms with Gasteiger partial charge in [0, 0.05) is 18.6 Å². The summed E-state index contributed by atoms with van der Waals surface area (Å²) in [4.78, 5) is 0. The van der Waals surface area contributed by atoms with Gasteiger partial charge in [0.1, 0.15) is 0 Å². The van der Waals surface area contributed by atoms with Crippen LogP contribution in [0, 0.1) is 22.7 Å². The van der Waals surface area contributed by atoms with Crippen LogP contribution in [0.2, 0.25) is 18.1 Å². The highest BCUT2D eigenvalue weighted by Gasteiger charge is 2.79. The van der Waals surface area contributed by atoms with Crippen molar-refractivity contribution in [1.82, 2.24) is 0 Å². The van der Waals surface area contributed by atoms with Crippen molar-refractivity contribution >= 4 is 8.32 Å². The Morgan fingerprint density at radius 2 is 1.96 bits per heavy atom. The number of hydrogen-bond acceptors (Lipinski definition) is 3. The molecule has 0 saturated heterocycles. The molecule has 134 valence electrons. The third-order valence-corrected chi connectivity index (χ3v) is 12.6. The first-order chi connectivity index (χ1) is 10.6. The maximum Gasteiger partial charge on any atom is 0.192 e. The fraction of sp³-hybridized carbons (Fsp3) is 1.00. The van der Waals surface area contributed by atoms with E-state index in [0.717, 1.165) is 32.3 Å². The van der Waals surface area contributed by atoms with Crippen molar-refractivity contribution in [2.75, 3.05) is 13.2 Å². The first-order valence-corrected chi connectivity index (χ1v) is 12.4. The molecule has 3 saturated carbocycles. The van der Waals surface area contributed by atoms with Gasteiger partial charge in [-0.2, -0.15) is 0 Å². The molecule has 3 aliphatic carbocycles. The van der Waals surface area contributed by atoms with Crippen LogP contribution in [0.1, 0.15) is 59.3 Å². The van der Waals surface area contributed by atoms with Crippen molar-refractivity contribution in [3.05, 3.63) is 0 Å². The van der Waals surface area contributed by atoms with E-state index in [2.05, 4.69) is 33.9 Å². The summed E-state index contributed by atoms with van der Waals surface area (Å²) < 4.78 is 6.67. The Hall–Kier alpha value is 0.0969. The first kappa shape index (κ1) is 17.9. The van der Waals surface area contributed by atoms with Gasteiger partial charge in [-0.15, -0.1) is 0 Å². The Labute approximate surface area is 142 Å². The second kappa shape index (κ2) is 5.55. The molecule has 5 atom stereocenters. The molecule has 23 heavy (non-hydrogen) atoms.